The van der Waals surface area contributed by atoms with Gasteiger partial charge < -0.3 is 26.6 Å². The van der Waals surface area contributed by atoms with E-state index in [1.54, 1.807) is 25.7 Å². The highest BCUT2D eigenvalue weighted by Crippen LogP contribution is 2.65. The number of hydrogen-bond acceptors (Lipinski definition) is 7. The van der Waals surface area contributed by atoms with Gasteiger partial charge in [0, 0.05) is 26.2 Å². The molecule has 2 aliphatic carbocycles. The molecule has 14 heteroatoms. The van der Waals surface area contributed by atoms with Crippen LogP contribution in [-0.2, 0) is 42.0 Å². The molecule has 1 heterocycles. The first-order chi connectivity index (χ1) is 23.9. The van der Waals surface area contributed by atoms with Gasteiger partial charge in [0.25, 0.3) is 5.91 Å². The number of primary amides is 1. The fraction of sp³-hybridized carbons (Fsp3) is 0.711. The zero-order valence-corrected chi connectivity index (χ0v) is 33.4. The van der Waals surface area contributed by atoms with Gasteiger partial charge in [-0.05, 0) is 79.7 Å². The Morgan fingerprint density at radius 1 is 0.981 bits per heavy atom. The van der Waals surface area contributed by atoms with Gasteiger partial charge in [0.2, 0.25) is 27.6 Å². The molecule has 0 spiro atoms. The lowest BCUT2D eigenvalue weighted by Crippen LogP contribution is -2.62. The van der Waals surface area contributed by atoms with Gasteiger partial charge in [-0.15, -0.1) is 0 Å². The number of Topliss-reactive ketones (excluding diaryl/α,β-unsaturated/α-hetero) is 1. The van der Waals surface area contributed by atoms with E-state index in [0.717, 1.165) is 17.5 Å². The lowest BCUT2D eigenvalue weighted by atomic mass is 9.86. The van der Waals surface area contributed by atoms with E-state index in [9.17, 15) is 32.4 Å². The van der Waals surface area contributed by atoms with Crippen molar-refractivity contribution >= 4 is 39.6 Å². The summed E-state index contributed by atoms with van der Waals surface area (Å²) in [5.74, 6) is -3.37. The summed E-state index contributed by atoms with van der Waals surface area (Å²) >= 11 is 0. The molecule has 5 N–H and O–H groups in total. The SMILES string of the molecule is CCCCC(NC(=O)[C@@H]1[C@@H]2[C@H](CN1C(=O)[C@@H](NC(=O)N[C@H](CN(C)S(=O)(=O)C(C)(C)C)C(C)(C)C)C1Cc3ccccc3C1)C2(C)C)C(=O)C(N)=O. The van der Waals surface area contributed by atoms with Crippen LogP contribution < -0.4 is 21.7 Å². The number of fused-ring (bicyclic) bond motifs is 2. The molecule has 4 rings (SSSR count). The van der Waals surface area contributed by atoms with Gasteiger partial charge >= 0.3 is 6.03 Å². The molecule has 290 valence electrons. The molecule has 0 bridgehead atoms. The monoisotopic (exact) mass is 744 g/mol. The molecule has 0 radical (unpaired) electrons. The second-order valence-corrected chi connectivity index (χ2v) is 20.5. The van der Waals surface area contributed by atoms with Crippen molar-refractivity contribution in [2.24, 2.45) is 34.3 Å². The fourth-order valence-corrected chi connectivity index (χ4v) is 9.29. The van der Waals surface area contributed by atoms with E-state index in [0.29, 0.717) is 25.8 Å². The average Bonchev–Trinajstić information content (AvgIpc) is 3.40. The number of ketones is 1. The zero-order chi connectivity index (χ0) is 39.1. The molecular formula is C38H60N6O7S. The number of likely N-dealkylation sites (tertiary alicyclic amines) is 1. The molecule has 1 unspecified atom stereocenters. The Kier molecular flexibility index (Phi) is 12.0. The highest BCUT2D eigenvalue weighted by molar-refractivity contribution is 7.90. The van der Waals surface area contributed by atoms with Gasteiger partial charge in [-0.3, -0.25) is 19.2 Å². The number of nitrogens with one attached hydrogen (secondary N) is 3. The minimum absolute atomic E-state index is 0.0139. The highest BCUT2D eigenvalue weighted by Gasteiger charge is 2.70. The summed E-state index contributed by atoms with van der Waals surface area (Å²) in [5, 5.41) is 8.71. The number of carbonyl (C=O) groups is 5. The third kappa shape index (κ3) is 8.48. The molecule has 1 saturated carbocycles. The lowest BCUT2D eigenvalue weighted by molar-refractivity contribution is -0.144. The number of likely N-dealkylation sites (N-methyl/N-ethyl adjacent to an activating group) is 1. The van der Waals surface area contributed by atoms with Crippen LogP contribution in [0, 0.1) is 28.6 Å². The number of amides is 5. The predicted molar refractivity (Wildman–Crippen MR) is 199 cm³/mol. The maximum absolute atomic E-state index is 14.8. The molecular weight excluding hydrogens is 685 g/mol. The Morgan fingerprint density at radius 3 is 2.06 bits per heavy atom. The number of rotatable bonds is 14. The van der Waals surface area contributed by atoms with E-state index in [1.807, 2.05) is 65.8 Å². The normalized spacial score (nSPS) is 22.9. The summed E-state index contributed by atoms with van der Waals surface area (Å²) < 4.78 is 26.7. The molecule has 2 fully saturated rings. The topological polar surface area (TPSA) is 188 Å². The van der Waals surface area contributed by atoms with Crippen LogP contribution in [0.1, 0.15) is 92.7 Å². The van der Waals surface area contributed by atoms with Gasteiger partial charge in [-0.1, -0.05) is 78.6 Å². The second-order valence-electron chi connectivity index (χ2n) is 17.7. The van der Waals surface area contributed by atoms with Crippen molar-refractivity contribution in [1.82, 2.24) is 25.2 Å². The van der Waals surface area contributed by atoms with Crippen LogP contribution in [0.25, 0.3) is 0 Å². The Labute approximate surface area is 309 Å². The van der Waals surface area contributed by atoms with Gasteiger partial charge in [-0.25, -0.2) is 17.5 Å². The Balaban J connectivity index is 1.63. The van der Waals surface area contributed by atoms with E-state index in [2.05, 4.69) is 16.0 Å². The standard InChI is InChI=1S/C38H60N6O7S/c1-11-12-17-26(31(45)32(39)46)40-33(47)30-28-25(38(28,8)9)20-44(30)34(48)29(24-18-22-15-13-14-16-23(22)19-24)42-35(49)41-27(36(2,3)4)21-43(10)52(50,51)37(5,6)7/h13-16,24-30H,11-12,17-21H2,1-10H3,(H2,39,46)(H,40,47)(H2,41,42,49)/t25-,26?,27+,28-,29-,30-/m0/s1. The molecule has 0 aromatic heterocycles. The van der Waals surface area contributed by atoms with Crippen molar-refractivity contribution in [2.75, 3.05) is 20.1 Å². The van der Waals surface area contributed by atoms with Crippen LogP contribution in [0.5, 0.6) is 0 Å². The Bertz CT molecular complexity index is 1640. The molecule has 1 aliphatic heterocycles. The van der Waals surface area contributed by atoms with Gasteiger partial charge in [0.1, 0.15) is 12.1 Å². The number of benzene rings is 1. The first kappa shape index (κ1) is 41.2. The maximum atomic E-state index is 14.8. The van der Waals surface area contributed by atoms with Crippen LogP contribution in [0.4, 0.5) is 4.79 Å². The molecule has 13 nitrogen and oxygen atoms in total. The van der Waals surface area contributed by atoms with Crippen molar-refractivity contribution in [3.05, 3.63) is 35.4 Å². The van der Waals surface area contributed by atoms with Crippen molar-refractivity contribution < 1.29 is 32.4 Å². The summed E-state index contributed by atoms with van der Waals surface area (Å²) in [6.07, 6.45) is 2.65. The van der Waals surface area contributed by atoms with E-state index in [-0.39, 0.29) is 36.1 Å². The summed E-state index contributed by atoms with van der Waals surface area (Å²) in [7, 11) is -2.20. The molecule has 5 amide bonds. The average molecular weight is 745 g/mol. The van der Waals surface area contributed by atoms with Crippen LogP contribution in [0.2, 0.25) is 0 Å². The number of piperidine rings is 1. The first-order valence-electron chi connectivity index (χ1n) is 18.5. The van der Waals surface area contributed by atoms with Crippen molar-refractivity contribution in [1.29, 1.82) is 0 Å². The van der Waals surface area contributed by atoms with E-state index < -0.39 is 73.9 Å². The zero-order valence-electron chi connectivity index (χ0n) is 32.5. The molecule has 1 saturated heterocycles. The number of carbonyl (C=O) groups excluding carboxylic acids is 5. The lowest BCUT2D eigenvalue weighted by Gasteiger charge is -2.38. The van der Waals surface area contributed by atoms with Gasteiger partial charge in [-0.2, -0.15) is 0 Å². The molecule has 52 heavy (non-hydrogen) atoms. The Hall–Kier alpha value is -3.52. The second kappa shape index (κ2) is 15.1. The number of unbranched alkanes of at least 4 members (excludes halogenated alkanes) is 1. The van der Waals surface area contributed by atoms with E-state index in [1.165, 1.54) is 11.4 Å². The van der Waals surface area contributed by atoms with Crippen LogP contribution in [0.15, 0.2) is 24.3 Å². The molecule has 3 aliphatic rings. The minimum Gasteiger partial charge on any atom is -0.363 e. The smallest absolute Gasteiger partial charge is 0.315 e. The van der Waals surface area contributed by atoms with Crippen LogP contribution in [-0.4, -0.2) is 96.2 Å². The number of nitrogens with two attached hydrogens (primary N) is 1. The number of sulfonamides is 1. The number of nitrogens with zero attached hydrogens (tertiary/aromatic N) is 2. The van der Waals surface area contributed by atoms with Crippen molar-refractivity contribution in [3.8, 4) is 0 Å². The maximum Gasteiger partial charge on any atom is 0.315 e. The highest BCUT2D eigenvalue weighted by atomic mass is 32.2. The number of urea groups is 1. The van der Waals surface area contributed by atoms with Gasteiger partial charge in [0.15, 0.2) is 0 Å². The summed E-state index contributed by atoms with van der Waals surface area (Å²) in [5.41, 5.74) is 6.71. The molecule has 6 atom stereocenters. The fourth-order valence-electron chi connectivity index (χ4n) is 8.01. The third-order valence-corrected chi connectivity index (χ3v) is 14.1. The molecule has 1 aromatic rings. The number of hydrogen-bond donors (Lipinski definition) is 4. The Morgan fingerprint density at radius 2 is 1.56 bits per heavy atom. The van der Waals surface area contributed by atoms with Crippen molar-refractivity contribution in [2.45, 2.75) is 123 Å². The van der Waals surface area contributed by atoms with Crippen molar-refractivity contribution in [3.63, 3.8) is 0 Å². The predicted octanol–water partition coefficient (Wildman–Crippen LogP) is 2.76. The minimum atomic E-state index is -3.69. The van der Waals surface area contributed by atoms with Crippen LogP contribution in [0.3, 0.4) is 0 Å². The van der Waals surface area contributed by atoms with Gasteiger partial charge in [0.05, 0.1) is 10.8 Å². The van der Waals surface area contributed by atoms with Crippen LogP contribution >= 0.6 is 0 Å². The summed E-state index contributed by atoms with van der Waals surface area (Å²) in [4.78, 5) is 68.9. The quantitative estimate of drug-likeness (QED) is 0.211. The summed E-state index contributed by atoms with van der Waals surface area (Å²) in [6, 6.07) is 3.64. The summed E-state index contributed by atoms with van der Waals surface area (Å²) in [6.45, 7) is 16.9. The van der Waals surface area contributed by atoms with E-state index >= 15 is 0 Å². The first-order valence-corrected chi connectivity index (χ1v) is 19.9. The van der Waals surface area contributed by atoms with E-state index in [4.69, 9.17) is 5.73 Å². The largest absolute Gasteiger partial charge is 0.363 e. The molecule has 1 aromatic carbocycles. The third-order valence-electron chi connectivity index (χ3n) is 11.6.